The van der Waals surface area contributed by atoms with E-state index >= 15 is 0 Å². The molecule has 7 nitrogen and oxygen atoms in total. The normalized spacial score (nSPS) is 16.8. The molecular weight excluding hydrogens is 390 g/mol. The Morgan fingerprint density at radius 1 is 1.21 bits per heavy atom. The van der Waals surface area contributed by atoms with E-state index in [1.54, 1.807) is 23.1 Å². The van der Waals surface area contributed by atoms with E-state index in [0.29, 0.717) is 21.9 Å². The molecule has 142 valence electrons. The SMILES string of the molecule is COc1ccc2occ(C=C3C(=N)N4C(=NC3=O)Sc3ccccc34)c(=O)c2c1. The molecule has 2 aromatic carbocycles. The van der Waals surface area contributed by atoms with Gasteiger partial charge in [0.2, 0.25) is 0 Å². The first kappa shape index (κ1) is 17.4. The third-order valence-electron chi connectivity index (χ3n) is 4.71. The lowest BCUT2D eigenvalue weighted by Crippen LogP contribution is -2.39. The fourth-order valence-corrected chi connectivity index (χ4v) is 4.29. The molecule has 0 radical (unpaired) electrons. The Morgan fingerprint density at radius 3 is 2.86 bits per heavy atom. The van der Waals surface area contributed by atoms with Crippen LogP contribution in [-0.2, 0) is 4.79 Å². The van der Waals surface area contributed by atoms with Crippen LogP contribution < -0.4 is 15.1 Å². The predicted molar refractivity (Wildman–Crippen MR) is 112 cm³/mol. The van der Waals surface area contributed by atoms with Crippen molar-refractivity contribution in [2.45, 2.75) is 4.90 Å². The molecule has 0 atom stereocenters. The van der Waals surface area contributed by atoms with E-state index in [0.717, 1.165) is 10.6 Å². The number of amidine groups is 2. The number of carbonyl (C=O) groups excluding carboxylic acids is 1. The number of anilines is 1. The zero-order valence-electron chi connectivity index (χ0n) is 15.1. The second-order valence-electron chi connectivity index (χ2n) is 6.39. The molecule has 2 aliphatic heterocycles. The van der Waals surface area contributed by atoms with Crippen molar-refractivity contribution in [2.75, 3.05) is 12.0 Å². The minimum atomic E-state index is -0.563. The minimum Gasteiger partial charge on any atom is -0.497 e. The Hall–Kier alpha value is -3.65. The first-order valence-corrected chi connectivity index (χ1v) is 9.48. The molecule has 1 aromatic heterocycles. The van der Waals surface area contributed by atoms with Gasteiger partial charge in [-0.1, -0.05) is 12.1 Å². The number of benzene rings is 2. The molecule has 0 saturated heterocycles. The highest BCUT2D eigenvalue weighted by molar-refractivity contribution is 8.15. The van der Waals surface area contributed by atoms with Crippen molar-refractivity contribution in [2.24, 2.45) is 4.99 Å². The number of fused-ring (bicyclic) bond motifs is 4. The van der Waals surface area contributed by atoms with Crippen LogP contribution in [0.5, 0.6) is 5.75 Å². The molecule has 0 saturated carbocycles. The first-order chi connectivity index (χ1) is 14.1. The van der Waals surface area contributed by atoms with Gasteiger partial charge in [0, 0.05) is 4.90 Å². The van der Waals surface area contributed by atoms with Crippen molar-refractivity contribution in [3.63, 3.8) is 0 Å². The summed E-state index contributed by atoms with van der Waals surface area (Å²) in [5.41, 5.74) is 1.07. The highest BCUT2D eigenvalue weighted by atomic mass is 32.2. The monoisotopic (exact) mass is 403 g/mol. The maximum Gasteiger partial charge on any atom is 0.283 e. The molecule has 0 aliphatic carbocycles. The van der Waals surface area contributed by atoms with Gasteiger partial charge >= 0.3 is 0 Å². The average Bonchev–Trinajstić information content (AvgIpc) is 3.10. The number of hydrogen-bond donors (Lipinski definition) is 1. The molecule has 3 heterocycles. The van der Waals surface area contributed by atoms with Gasteiger partial charge in [0.15, 0.2) is 10.6 Å². The van der Waals surface area contributed by atoms with Gasteiger partial charge in [-0.05, 0) is 48.2 Å². The maximum atomic E-state index is 12.9. The Bertz CT molecular complexity index is 1340. The van der Waals surface area contributed by atoms with Crippen LogP contribution in [0.25, 0.3) is 17.0 Å². The van der Waals surface area contributed by atoms with Gasteiger partial charge < -0.3 is 9.15 Å². The number of nitrogens with zero attached hydrogens (tertiary/aromatic N) is 2. The van der Waals surface area contributed by atoms with Gasteiger partial charge in [0.1, 0.15) is 23.4 Å². The molecule has 0 unspecified atom stereocenters. The van der Waals surface area contributed by atoms with Crippen molar-refractivity contribution < 1.29 is 13.9 Å². The van der Waals surface area contributed by atoms with Crippen LogP contribution in [0.15, 0.2) is 73.4 Å². The summed E-state index contributed by atoms with van der Waals surface area (Å²) in [6.45, 7) is 0. The molecule has 0 spiro atoms. The number of ether oxygens (including phenoxy) is 1. The highest BCUT2D eigenvalue weighted by Gasteiger charge is 2.37. The van der Waals surface area contributed by atoms with E-state index in [1.165, 1.54) is 31.2 Å². The van der Waals surface area contributed by atoms with E-state index in [9.17, 15) is 9.59 Å². The summed E-state index contributed by atoms with van der Waals surface area (Å²) in [7, 11) is 1.51. The predicted octanol–water partition coefficient (Wildman–Crippen LogP) is 3.67. The number of rotatable bonds is 2. The first-order valence-electron chi connectivity index (χ1n) is 8.67. The highest BCUT2D eigenvalue weighted by Crippen LogP contribution is 2.42. The third-order valence-corrected chi connectivity index (χ3v) is 5.73. The van der Waals surface area contributed by atoms with Crippen LogP contribution in [0.4, 0.5) is 5.69 Å². The number of methoxy groups -OCH3 is 1. The van der Waals surface area contributed by atoms with Gasteiger partial charge in [-0.15, -0.1) is 0 Å². The smallest absolute Gasteiger partial charge is 0.283 e. The van der Waals surface area contributed by atoms with Gasteiger partial charge in [-0.2, -0.15) is 4.99 Å². The van der Waals surface area contributed by atoms with Crippen molar-refractivity contribution in [1.29, 1.82) is 5.41 Å². The van der Waals surface area contributed by atoms with Crippen LogP contribution in [0.3, 0.4) is 0 Å². The van der Waals surface area contributed by atoms with E-state index in [2.05, 4.69) is 4.99 Å². The molecule has 29 heavy (non-hydrogen) atoms. The number of para-hydroxylation sites is 1. The van der Waals surface area contributed by atoms with Crippen LogP contribution in [0.2, 0.25) is 0 Å². The van der Waals surface area contributed by atoms with Crippen molar-refractivity contribution in [1.82, 2.24) is 0 Å². The quantitative estimate of drug-likeness (QED) is 0.656. The standard InChI is InChI=1S/C21H13N3O4S/c1-27-12-6-7-16-13(9-12)18(25)11(10-28-16)8-14-19(22)24-15-4-2-3-5-17(15)29-21(24)23-20(14)26/h2-10,22H,1H3. The molecular formula is C21H13N3O4S. The zero-order chi connectivity index (χ0) is 20.1. The molecule has 1 N–H and O–H groups in total. The van der Waals surface area contributed by atoms with Crippen molar-refractivity contribution in [3.8, 4) is 5.75 Å². The lowest BCUT2D eigenvalue weighted by molar-refractivity contribution is -0.113. The second-order valence-corrected chi connectivity index (χ2v) is 7.40. The molecule has 1 amide bonds. The molecule has 0 fully saturated rings. The van der Waals surface area contributed by atoms with Crippen molar-refractivity contribution >= 4 is 51.4 Å². The second kappa shape index (κ2) is 6.46. The summed E-state index contributed by atoms with van der Waals surface area (Å²) in [5.74, 6) is -0.0645. The molecule has 3 aromatic rings. The number of aliphatic imine (C=N–C) groups is 1. The number of nitrogens with one attached hydrogen (secondary N) is 1. The molecule has 0 bridgehead atoms. The summed E-state index contributed by atoms with van der Waals surface area (Å²) in [4.78, 5) is 32.1. The lowest BCUT2D eigenvalue weighted by atomic mass is 10.1. The third kappa shape index (κ3) is 2.68. The van der Waals surface area contributed by atoms with Gasteiger partial charge in [0.25, 0.3) is 5.91 Å². The minimum absolute atomic E-state index is 0.0254. The van der Waals surface area contributed by atoms with Gasteiger partial charge in [-0.25, -0.2) is 0 Å². The Morgan fingerprint density at radius 2 is 2.03 bits per heavy atom. The summed E-state index contributed by atoms with van der Waals surface area (Å²) in [5, 5.41) is 9.34. The van der Waals surface area contributed by atoms with E-state index in [1.807, 2.05) is 24.3 Å². The average molecular weight is 403 g/mol. The summed E-state index contributed by atoms with van der Waals surface area (Å²) < 4.78 is 10.7. The summed E-state index contributed by atoms with van der Waals surface area (Å²) >= 11 is 1.34. The van der Waals surface area contributed by atoms with E-state index < -0.39 is 5.91 Å². The fourth-order valence-electron chi connectivity index (χ4n) is 3.27. The summed E-state index contributed by atoms with van der Waals surface area (Å²) in [6.07, 6.45) is 2.65. The number of carbonyl (C=O) groups is 1. The Balaban J connectivity index is 1.63. The largest absolute Gasteiger partial charge is 0.497 e. The van der Waals surface area contributed by atoms with Crippen LogP contribution >= 0.6 is 11.8 Å². The molecule has 5 rings (SSSR count). The Kier molecular flexibility index (Phi) is 3.88. The van der Waals surface area contributed by atoms with Crippen LogP contribution in [-0.4, -0.2) is 24.0 Å². The molecule has 2 aliphatic rings. The van der Waals surface area contributed by atoms with Gasteiger partial charge in [0.05, 0.1) is 29.3 Å². The van der Waals surface area contributed by atoms with Crippen LogP contribution in [0, 0.1) is 5.41 Å². The molecule has 8 heteroatoms. The number of thioether (sulfide) groups is 1. The van der Waals surface area contributed by atoms with E-state index in [4.69, 9.17) is 14.6 Å². The topological polar surface area (TPSA) is 96.0 Å². The zero-order valence-corrected chi connectivity index (χ0v) is 15.9. The lowest BCUT2D eigenvalue weighted by Gasteiger charge is -2.24. The number of hydrogen-bond acceptors (Lipinski definition) is 6. The number of amides is 1. The van der Waals surface area contributed by atoms with Crippen LogP contribution in [0.1, 0.15) is 5.56 Å². The summed E-state index contributed by atoms with van der Waals surface area (Å²) in [6, 6.07) is 12.5. The maximum absolute atomic E-state index is 12.9. The van der Waals surface area contributed by atoms with E-state index in [-0.39, 0.29) is 22.4 Å². The Labute approximate surface area is 168 Å². The van der Waals surface area contributed by atoms with Crippen molar-refractivity contribution in [3.05, 3.63) is 70.1 Å². The van der Waals surface area contributed by atoms with Gasteiger partial charge in [-0.3, -0.25) is 19.9 Å². The fraction of sp³-hybridized carbons (Fsp3) is 0.0476.